The molecule has 1 fully saturated rings. The first kappa shape index (κ1) is 19.5. The van der Waals surface area contributed by atoms with E-state index >= 15 is 0 Å². The summed E-state index contributed by atoms with van der Waals surface area (Å²) in [6.45, 7) is 1.55. The van der Waals surface area contributed by atoms with Gasteiger partial charge in [-0.05, 0) is 43.3 Å². The molecule has 1 aliphatic rings. The van der Waals surface area contributed by atoms with Gasteiger partial charge in [-0.1, -0.05) is 34.8 Å². The third kappa shape index (κ3) is 4.54. The summed E-state index contributed by atoms with van der Waals surface area (Å²) in [5.41, 5.74) is 1.12. The van der Waals surface area contributed by atoms with E-state index in [4.69, 9.17) is 34.8 Å². The molecule has 1 aliphatic heterocycles. The van der Waals surface area contributed by atoms with Crippen LogP contribution in [-0.2, 0) is 0 Å². The molecule has 3 rings (SSSR count). The van der Waals surface area contributed by atoms with E-state index in [1.165, 1.54) is 5.01 Å². The fraction of sp³-hybridized carbons (Fsp3) is 0.235. The predicted molar refractivity (Wildman–Crippen MR) is 104 cm³/mol. The number of pyridine rings is 1. The zero-order chi connectivity index (χ0) is 19.6. The van der Waals surface area contributed by atoms with E-state index in [0.717, 1.165) is 0 Å². The summed E-state index contributed by atoms with van der Waals surface area (Å²) in [6.07, 6.45) is 3.93. The van der Waals surface area contributed by atoms with E-state index in [1.54, 1.807) is 60.7 Å². The minimum Gasteiger partial charge on any atom is -0.334 e. The molecule has 2 unspecified atom stereocenters. The Kier molecular flexibility index (Phi) is 5.63. The van der Waals surface area contributed by atoms with Crippen LogP contribution in [0.1, 0.15) is 17.3 Å². The Morgan fingerprint density at radius 2 is 2.04 bits per heavy atom. The number of benzene rings is 1. The van der Waals surface area contributed by atoms with Crippen LogP contribution in [0.3, 0.4) is 0 Å². The van der Waals surface area contributed by atoms with E-state index < -0.39 is 16.8 Å². The average molecular weight is 426 g/mol. The van der Waals surface area contributed by atoms with Gasteiger partial charge in [0.15, 0.2) is 0 Å². The number of halogens is 3. The number of hydrogen-bond acceptors (Lipinski definition) is 6. The molecule has 1 amide bonds. The van der Waals surface area contributed by atoms with Crippen LogP contribution in [0.5, 0.6) is 0 Å². The van der Waals surface area contributed by atoms with Gasteiger partial charge in [0.2, 0.25) is 12.5 Å². The quantitative estimate of drug-likeness (QED) is 0.320. The number of hydrazine groups is 1. The standard InChI is InChI=1S/C17H15Cl3N6O/c1-17(19,20)15(23-14(27)11-4-6-12(18)7-5-11)24-16-25(10-21)26(16)13-3-2-8-22-9-13/h2-9,15-16,24H,1H3,(H,23,27). The molecule has 1 saturated heterocycles. The lowest BCUT2D eigenvalue weighted by Crippen LogP contribution is -2.56. The Bertz CT molecular complexity index is 850. The molecule has 0 spiro atoms. The molecule has 27 heavy (non-hydrogen) atoms. The van der Waals surface area contributed by atoms with Crippen molar-refractivity contribution in [1.82, 2.24) is 20.6 Å². The SMILES string of the molecule is CC(Cl)(Cl)C(NC(=O)c1ccc(Cl)cc1)NC1N(C#N)N1c1cccnc1. The molecular formula is C17H15Cl3N6O. The van der Waals surface area contributed by atoms with Crippen LogP contribution in [0.4, 0.5) is 5.69 Å². The number of nitrogens with one attached hydrogen (secondary N) is 2. The number of amides is 1. The fourth-order valence-electron chi connectivity index (χ4n) is 2.45. The third-order valence-electron chi connectivity index (χ3n) is 3.86. The van der Waals surface area contributed by atoms with E-state index in [2.05, 4.69) is 15.6 Å². The number of carbonyl (C=O) groups is 1. The van der Waals surface area contributed by atoms with E-state index in [0.29, 0.717) is 16.3 Å². The van der Waals surface area contributed by atoms with Gasteiger partial charge < -0.3 is 5.32 Å². The second-order valence-electron chi connectivity index (χ2n) is 5.91. The summed E-state index contributed by atoms with van der Waals surface area (Å²) < 4.78 is -1.34. The van der Waals surface area contributed by atoms with Crippen molar-refractivity contribution in [3.8, 4) is 6.19 Å². The summed E-state index contributed by atoms with van der Waals surface area (Å²) in [6, 6.07) is 9.97. The Labute approximate surface area is 171 Å². The Balaban J connectivity index is 1.73. The van der Waals surface area contributed by atoms with Gasteiger partial charge >= 0.3 is 0 Å². The highest BCUT2D eigenvalue weighted by Gasteiger charge is 2.49. The van der Waals surface area contributed by atoms with Crippen molar-refractivity contribution in [2.45, 2.75) is 23.7 Å². The maximum atomic E-state index is 12.5. The molecule has 2 heterocycles. The average Bonchev–Trinajstić information content (AvgIpc) is 3.34. The summed E-state index contributed by atoms with van der Waals surface area (Å²) in [5, 5.41) is 18.7. The lowest BCUT2D eigenvalue weighted by molar-refractivity contribution is 0.0924. The Morgan fingerprint density at radius 1 is 1.33 bits per heavy atom. The summed E-state index contributed by atoms with van der Waals surface area (Å²) in [5.74, 6) is -0.381. The number of aromatic nitrogens is 1. The summed E-state index contributed by atoms with van der Waals surface area (Å²) in [4.78, 5) is 16.5. The molecular weight excluding hydrogens is 411 g/mol. The van der Waals surface area contributed by atoms with Crippen LogP contribution in [0.2, 0.25) is 5.02 Å². The highest BCUT2D eigenvalue weighted by atomic mass is 35.5. The number of carbonyl (C=O) groups excluding carboxylic acids is 1. The third-order valence-corrected chi connectivity index (χ3v) is 4.55. The van der Waals surface area contributed by atoms with Crippen molar-refractivity contribution < 1.29 is 4.79 Å². The fourth-order valence-corrected chi connectivity index (χ4v) is 2.81. The molecule has 10 heteroatoms. The van der Waals surface area contributed by atoms with Crippen LogP contribution in [-0.4, -0.2) is 32.7 Å². The largest absolute Gasteiger partial charge is 0.334 e. The van der Waals surface area contributed by atoms with Gasteiger partial charge in [0.1, 0.15) is 10.5 Å². The topological polar surface area (TPSA) is 83.8 Å². The van der Waals surface area contributed by atoms with Crippen molar-refractivity contribution >= 4 is 46.4 Å². The monoisotopic (exact) mass is 424 g/mol. The molecule has 2 N–H and O–H groups in total. The van der Waals surface area contributed by atoms with Gasteiger partial charge in [-0.25, -0.2) is 5.01 Å². The predicted octanol–water partition coefficient (Wildman–Crippen LogP) is 3.08. The maximum absolute atomic E-state index is 12.5. The second-order valence-corrected chi connectivity index (χ2v) is 8.11. The van der Waals surface area contributed by atoms with Crippen molar-refractivity contribution in [1.29, 1.82) is 5.26 Å². The molecule has 140 valence electrons. The van der Waals surface area contributed by atoms with Crippen LogP contribution < -0.4 is 15.6 Å². The molecule has 7 nitrogen and oxygen atoms in total. The number of anilines is 1. The molecule has 1 aromatic heterocycles. The molecule has 0 saturated carbocycles. The van der Waals surface area contributed by atoms with Gasteiger partial charge in [0.05, 0.1) is 11.9 Å². The van der Waals surface area contributed by atoms with Gasteiger partial charge in [0.25, 0.3) is 5.91 Å². The van der Waals surface area contributed by atoms with Crippen molar-refractivity contribution in [3.63, 3.8) is 0 Å². The van der Waals surface area contributed by atoms with Crippen LogP contribution >= 0.6 is 34.8 Å². The minimum absolute atomic E-state index is 0.381. The Morgan fingerprint density at radius 3 is 2.59 bits per heavy atom. The number of nitrogens with zero attached hydrogens (tertiary/aromatic N) is 4. The first-order valence-corrected chi connectivity index (χ1v) is 9.03. The molecule has 0 bridgehead atoms. The Hall–Kier alpha value is -2.24. The van der Waals surface area contributed by atoms with Crippen molar-refractivity contribution in [2.75, 3.05) is 5.01 Å². The molecule has 2 aromatic rings. The second kappa shape index (κ2) is 7.79. The number of alkyl halides is 2. The molecule has 1 aromatic carbocycles. The minimum atomic E-state index is -1.34. The van der Waals surface area contributed by atoms with Gasteiger partial charge in [-0.2, -0.15) is 10.3 Å². The lowest BCUT2D eigenvalue weighted by Gasteiger charge is -2.27. The highest BCUT2D eigenvalue weighted by molar-refractivity contribution is 6.48. The normalized spacial score (nSPS) is 17.2. The van der Waals surface area contributed by atoms with E-state index in [1.807, 2.05) is 6.19 Å². The van der Waals surface area contributed by atoms with Crippen LogP contribution in [0, 0.1) is 11.5 Å². The zero-order valence-corrected chi connectivity index (χ0v) is 16.4. The molecule has 0 aliphatic carbocycles. The first-order chi connectivity index (χ1) is 12.8. The summed E-state index contributed by atoms with van der Waals surface area (Å²) in [7, 11) is 0. The van der Waals surface area contributed by atoms with E-state index in [9.17, 15) is 10.1 Å². The van der Waals surface area contributed by atoms with Crippen LogP contribution in [0.15, 0.2) is 48.8 Å². The van der Waals surface area contributed by atoms with E-state index in [-0.39, 0.29) is 5.91 Å². The van der Waals surface area contributed by atoms with Gasteiger partial charge in [-0.15, -0.1) is 0 Å². The molecule has 0 radical (unpaired) electrons. The van der Waals surface area contributed by atoms with Crippen molar-refractivity contribution in [2.24, 2.45) is 0 Å². The maximum Gasteiger partial charge on any atom is 0.252 e. The number of hydrogen-bond donors (Lipinski definition) is 2. The number of nitriles is 1. The smallest absolute Gasteiger partial charge is 0.252 e. The van der Waals surface area contributed by atoms with Gasteiger partial charge in [-0.3, -0.25) is 15.1 Å². The molecule has 2 atom stereocenters. The first-order valence-electron chi connectivity index (χ1n) is 7.89. The van der Waals surface area contributed by atoms with Crippen LogP contribution in [0.25, 0.3) is 0 Å². The zero-order valence-electron chi connectivity index (χ0n) is 14.1. The number of rotatable bonds is 6. The summed E-state index contributed by atoms with van der Waals surface area (Å²) >= 11 is 18.3. The van der Waals surface area contributed by atoms with Gasteiger partial charge in [0, 0.05) is 16.8 Å². The highest BCUT2D eigenvalue weighted by Crippen LogP contribution is 2.33. The lowest BCUT2D eigenvalue weighted by atomic mass is 10.2. The van der Waals surface area contributed by atoms with Crippen molar-refractivity contribution in [3.05, 3.63) is 59.4 Å².